The zero-order valence-electron chi connectivity index (χ0n) is 12.8. The Morgan fingerprint density at radius 1 is 1.32 bits per heavy atom. The van der Waals surface area contributed by atoms with Crippen LogP contribution in [0.5, 0.6) is 0 Å². The second-order valence-electron chi connectivity index (χ2n) is 5.76. The molecule has 1 aromatic carbocycles. The zero-order valence-corrected chi connectivity index (χ0v) is 12.8. The summed E-state index contributed by atoms with van der Waals surface area (Å²) in [7, 11) is 0. The highest BCUT2D eigenvalue weighted by atomic mass is 16.2. The molecule has 0 saturated carbocycles. The average molecular weight is 298 g/mol. The van der Waals surface area contributed by atoms with Crippen LogP contribution in [-0.4, -0.2) is 28.3 Å². The molecule has 2 aromatic rings. The molecule has 1 saturated heterocycles. The number of aromatic nitrogens is 2. The lowest BCUT2D eigenvalue weighted by atomic mass is 10.0. The topological polar surface area (TPSA) is 59.0 Å². The van der Waals surface area contributed by atoms with Crippen molar-refractivity contribution in [2.75, 3.05) is 11.9 Å². The summed E-state index contributed by atoms with van der Waals surface area (Å²) in [6.07, 6.45) is 5.05. The van der Waals surface area contributed by atoms with Crippen molar-refractivity contribution in [2.45, 2.75) is 38.3 Å². The van der Waals surface area contributed by atoms with E-state index in [0.717, 1.165) is 25.8 Å². The molecule has 1 amide bonds. The third kappa shape index (κ3) is 3.36. The number of carbonyl (C=O) groups is 1. The van der Waals surface area contributed by atoms with Gasteiger partial charge in [-0.3, -0.25) is 9.48 Å². The molecule has 1 aliphatic rings. The van der Waals surface area contributed by atoms with Crippen molar-refractivity contribution in [2.24, 2.45) is 0 Å². The monoisotopic (exact) mass is 298 g/mol. The minimum Gasteiger partial charge on any atom is -0.308 e. The minimum atomic E-state index is -0.0922. The number of amides is 1. The molecule has 2 heterocycles. The summed E-state index contributed by atoms with van der Waals surface area (Å²) in [6.45, 7) is 3.01. The van der Waals surface area contributed by atoms with E-state index in [9.17, 15) is 4.79 Å². The largest absolute Gasteiger partial charge is 0.308 e. The van der Waals surface area contributed by atoms with Gasteiger partial charge in [-0.15, -0.1) is 0 Å². The summed E-state index contributed by atoms with van der Waals surface area (Å²) >= 11 is 0. The van der Waals surface area contributed by atoms with Gasteiger partial charge in [-0.1, -0.05) is 36.8 Å². The maximum absolute atomic E-state index is 12.2. The van der Waals surface area contributed by atoms with Crippen LogP contribution < -0.4 is 10.6 Å². The lowest BCUT2D eigenvalue weighted by Gasteiger charge is -2.21. The molecule has 2 N–H and O–H groups in total. The van der Waals surface area contributed by atoms with Crippen molar-refractivity contribution in [3.63, 3.8) is 0 Å². The van der Waals surface area contributed by atoms with Crippen molar-refractivity contribution in [3.05, 3.63) is 48.2 Å². The highest BCUT2D eigenvalue weighted by Gasteiger charge is 2.21. The lowest BCUT2D eigenvalue weighted by molar-refractivity contribution is -0.118. The molecule has 5 heteroatoms. The fourth-order valence-corrected chi connectivity index (χ4v) is 2.79. The van der Waals surface area contributed by atoms with Crippen LogP contribution in [-0.2, 0) is 4.79 Å². The van der Waals surface area contributed by atoms with E-state index in [4.69, 9.17) is 0 Å². The van der Waals surface area contributed by atoms with Crippen molar-refractivity contribution >= 4 is 11.7 Å². The second-order valence-corrected chi connectivity index (χ2v) is 5.76. The fourth-order valence-electron chi connectivity index (χ4n) is 2.79. The first-order valence-electron chi connectivity index (χ1n) is 7.88. The van der Waals surface area contributed by atoms with Crippen LogP contribution in [0.1, 0.15) is 37.8 Å². The van der Waals surface area contributed by atoms with Gasteiger partial charge < -0.3 is 10.6 Å². The van der Waals surface area contributed by atoms with Gasteiger partial charge in [-0.25, -0.2) is 0 Å². The Kier molecular flexibility index (Phi) is 4.53. The number of hydrogen-bond donors (Lipinski definition) is 2. The molecule has 1 fully saturated rings. The number of piperidine rings is 1. The van der Waals surface area contributed by atoms with E-state index in [-0.39, 0.29) is 18.0 Å². The summed E-state index contributed by atoms with van der Waals surface area (Å²) in [4.78, 5) is 12.2. The van der Waals surface area contributed by atoms with Crippen molar-refractivity contribution in [1.82, 2.24) is 15.1 Å². The highest BCUT2D eigenvalue weighted by molar-refractivity contribution is 5.94. The summed E-state index contributed by atoms with van der Waals surface area (Å²) in [5, 5.41) is 10.6. The Morgan fingerprint density at radius 3 is 2.86 bits per heavy atom. The van der Waals surface area contributed by atoms with Gasteiger partial charge in [-0.2, -0.15) is 5.10 Å². The van der Waals surface area contributed by atoms with Crippen LogP contribution in [0.25, 0.3) is 0 Å². The van der Waals surface area contributed by atoms with Gasteiger partial charge >= 0.3 is 0 Å². The molecule has 0 bridgehead atoms. The first kappa shape index (κ1) is 14.8. The van der Waals surface area contributed by atoms with Gasteiger partial charge in [0.05, 0.1) is 12.1 Å². The van der Waals surface area contributed by atoms with E-state index < -0.39 is 0 Å². The molecule has 0 radical (unpaired) electrons. The van der Waals surface area contributed by atoms with Gasteiger partial charge in [0.15, 0.2) is 5.82 Å². The number of carbonyl (C=O) groups excluding carboxylic acids is 1. The zero-order chi connectivity index (χ0) is 15.4. The van der Waals surface area contributed by atoms with Crippen molar-refractivity contribution < 1.29 is 4.79 Å². The lowest BCUT2D eigenvalue weighted by Crippen LogP contribution is -2.43. The van der Waals surface area contributed by atoms with Crippen LogP contribution in [0.4, 0.5) is 5.82 Å². The van der Waals surface area contributed by atoms with E-state index in [1.54, 1.807) is 0 Å². The Balaban J connectivity index is 1.64. The highest BCUT2D eigenvalue weighted by Crippen LogP contribution is 2.18. The summed E-state index contributed by atoms with van der Waals surface area (Å²) < 4.78 is 1.87. The Labute approximate surface area is 130 Å². The first-order valence-corrected chi connectivity index (χ1v) is 7.88. The van der Waals surface area contributed by atoms with Crippen molar-refractivity contribution in [1.29, 1.82) is 0 Å². The van der Waals surface area contributed by atoms with Gasteiger partial charge in [0.2, 0.25) is 5.91 Å². The fraction of sp³-hybridized carbons (Fsp3) is 0.412. The molecule has 0 unspecified atom stereocenters. The normalized spacial score (nSPS) is 19.6. The predicted octanol–water partition coefficient (Wildman–Crippen LogP) is 2.57. The van der Waals surface area contributed by atoms with Crippen LogP contribution in [0.15, 0.2) is 42.6 Å². The van der Waals surface area contributed by atoms with Crippen molar-refractivity contribution in [3.8, 4) is 0 Å². The van der Waals surface area contributed by atoms with Crippen LogP contribution in [0.3, 0.4) is 0 Å². The molecular weight excluding hydrogens is 276 g/mol. The minimum absolute atomic E-state index is 0.0114. The quantitative estimate of drug-likeness (QED) is 0.912. The second kappa shape index (κ2) is 6.75. The smallest absolute Gasteiger partial charge is 0.242 e. The summed E-state index contributed by atoms with van der Waals surface area (Å²) in [5.41, 5.74) is 1.19. The number of nitrogens with one attached hydrogen (secondary N) is 2. The van der Waals surface area contributed by atoms with Gasteiger partial charge in [-0.05, 0) is 31.9 Å². The third-order valence-corrected chi connectivity index (χ3v) is 4.17. The number of nitrogens with zero attached hydrogens (tertiary/aromatic N) is 2. The van der Waals surface area contributed by atoms with Crippen LogP contribution >= 0.6 is 0 Å². The Bertz CT molecular complexity index is 617. The SMILES string of the molecule is C[C@H](c1ccccc1)n1ccc(NC(=O)[C@@H]2CCCCN2)n1. The molecule has 1 aromatic heterocycles. The Hall–Kier alpha value is -2.14. The van der Waals surface area contributed by atoms with E-state index >= 15 is 0 Å². The molecule has 3 rings (SSSR count). The molecule has 0 aliphatic carbocycles. The first-order chi connectivity index (χ1) is 10.7. The number of hydrogen-bond acceptors (Lipinski definition) is 3. The van der Waals surface area contributed by atoms with Gasteiger partial charge in [0.1, 0.15) is 0 Å². The molecule has 22 heavy (non-hydrogen) atoms. The molecule has 2 atom stereocenters. The predicted molar refractivity (Wildman–Crippen MR) is 86.8 cm³/mol. The summed E-state index contributed by atoms with van der Waals surface area (Å²) in [6, 6.07) is 12.1. The number of rotatable bonds is 4. The molecule has 1 aliphatic heterocycles. The van der Waals surface area contributed by atoms with Gasteiger partial charge in [0, 0.05) is 12.3 Å². The molecule has 5 nitrogen and oxygen atoms in total. The molecule has 116 valence electrons. The van der Waals surface area contributed by atoms with Crippen LogP contribution in [0.2, 0.25) is 0 Å². The maximum Gasteiger partial charge on any atom is 0.242 e. The summed E-state index contributed by atoms with van der Waals surface area (Å²) in [5.74, 6) is 0.623. The maximum atomic E-state index is 12.2. The molecule has 0 spiro atoms. The van der Waals surface area contributed by atoms with E-state index in [0.29, 0.717) is 5.82 Å². The standard InChI is InChI=1S/C17H22N4O/c1-13(14-7-3-2-4-8-14)21-12-10-16(20-21)19-17(22)15-9-5-6-11-18-15/h2-4,7-8,10,12-13,15,18H,5-6,9,11H2,1H3,(H,19,20,22)/t13-,15+/m1/s1. The van der Waals surface area contributed by atoms with E-state index in [2.05, 4.69) is 34.8 Å². The number of benzene rings is 1. The Morgan fingerprint density at radius 2 is 2.14 bits per heavy atom. The third-order valence-electron chi connectivity index (χ3n) is 4.17. The van der Waals surface area contributed by atoms with E-state index in [1.165, 1.54) is 5.56 Å². The number of anilines is 1. The van der Waals surface area contributed by atoms with Crippen LogP contribution in [0, 0.1) is 0 Å². The van der Waals surface area contributed by atoms with E-state index in [1.807, 2.05) is 35.1 Å². The van der Waals surface area contributed by atoms with Gasteiger partial charge in [0.25, 0.3) is 0 Å². The molecular formula is C17H22N4O. The average Bonchev–Trinajstić information content (AvgIpc) is 3.04.